The van der Waals surface area contributed by atoms with Gasteiger partial charge >= 0.3 is 19.8 Å². The first-order chi connectivity index (χ1) is 3.46. The van der Waals surface area contributed by atoms with Crippen molar-refractivity contribution < 1.29 is 14.7 Å². The van der Waals surface area contributed by atoms with E-state index in [1.54, 1.807) is 0 Å². The van der Waals surface area contributed by atoms with Gasteiger partial charge in [0.25, 0.3) is 5.97 Å². The maximum atomic E-state index is 9.44. The molecule has 0 aliphatic rings. The molecular formula is C5H13GaO3. The summed E-state index contributed by atoms with van der Waals surface area (Å²) in [6.07, 6.45) is 0. The number of carbonyl (C=O) groups is 2. The van der Waals surface area contributed by atoms with Gasteiger partial charge in [0.1, 0.15) is 5.78 Å². The van der Waals surface area contributed by atoms with Crippen LogP contribution >= 0.6 is 0 Å². The van der Waals surface area contributed by atoms with Gasteiger partial charge in [-0.3, -0.25) is 4.79 Å². The fraction of sp³-hybridized carbons (Fsp3) is 0.600. The van der Waals surface area contributed by atoms with Gasteiger partial charge in [0.2, 0.25) is 0 Å². The van der Waals surface area contributed by atoms with Crippen LogP contribution in [0.5, 0.6) is 0 Å². The zero-order valence-corrected chi connectivity index (χ0v) is 5.26. The van der Waals surface area contributed by atoms with Crippen LogP contribution in [-0.2, 0) is 9.59 Å². The number of carboxylic acid groups (broad SMARTS) is 1. The molecule has 0 aliphatic carbocycles. The molecule has 0 saturated carbocycles. The minimum absolute atomic E-state index is 0. The van der Waals surface area contributed by atoms with Crippen molar-refractivity contribution in [2.45, 2.75) is 20.8 Å². The van der Waals surface area contributed by atoms with E-state index in [4.69, 9.17) is 9.90 Å². The molecule has 4 heteroatoms. The van der Waals surface area contributed by atoms with E-state index in [1.165, 1.54) is 13.8 Å². The Morgan fingerprint density at radius 1 is 1.11 bits per heavy atom. The monoisotopic (exact) mass is 190 g/mol. The third kappa shape index (κ3) is 5190. The van der Waals surface area contributed by atoms with Gasteiger partial charge in [-0.15, -0.1) is 0 Å². The SMILES string of the molecule is CC(=O)O.CC(C)=O.[GaH3]. The number of aliphatic carboxylic acids is 1. The van der Waals surface area contributed by atoms with Crippen molar-refractivity contribution in [1.29, 1.82) is 0 Å². The van der Waals surface area contributed by atoms with Gasteiger partial charge in [0, 0.05) is 6.92 Å². The van der Waals surface area contributed by atoms with Crippen molar-refractivity contribution in [3.8, 4) is 0 Å². The Kier molecular flexibility index (Phi) is 18.9. The first-order valence-corrected chi connectivity index (χ1v) is 2.13. The number of ketones is 1. The molecule has 0 aromatic rings. The van der Waals surface area contributed by atoms with Crippen LogP contribution in [0.15, 0.2) is 0 Å². The average Bonchev–Trinajstić information content (AvgIpc) is 1.25. The predicted molar refractivity (Wildman–Crippen MR) is 39.6 cm³/mol. The molecule has 1 N–H and O–H groups in total. The summed E-state index contributed by atoms with van der Waals surface area (Å²) in [5, 5.41) is 7.42. The van der Waals surface area contributed by atoms with Crippen molar-refractivity contribution in [1.82, 2.24) is 0 Å². The van der Waals surface area contributed by atoms with Gasteiger partial charge in [-0.05, 0) is 13.8 Å². The Hall–Kier alpha value is -0.224. The van der Waals surface area contributed by atoms with E-state index in [9.17, 15) is 4.79 Å². The van der Waals surface area contributed by atoms with Crippen LogP contribution in [0.25, 0.3) is 0 Å². The second-order valence-electron chi connectivity index (χ2n) is 1.43. The molecule has 9 heavy (non-hydrogen) atoms. The number of hydrogen-bond donors (Lipinski definition) is 1. The van der Waals surface area contributed by atoms with Crippen molar-refractivity contribution in [3.63, 3.8) is 0 Å². The molecule has 0 saturated heterocycles. The molecule has 0 aromatic heterocycles. The predicted octanol–water partition coefficient (Wildman–Crippen LogP) is -0.498. The summed E-state index contributed by atoms with van der Waals surface area (Å²) in [5.41, 5.74) is 0. The molecule has 0 spiro atoms. The van der Waals surface area contributed by atoms with Crippen molar-refractivity contribution >= 4 is 31.5 Å². The van der Waals surface area contributed by atoms with Gasteiger partial charge < -0.3 is 9.90 Å². The van der Waals surface area contributed by atoms with E-state index in [2.05, 4.69) is 0 Å². The molecule has 0 atom stereocenters. The standard InChI is InChI=1S/C3H6O.C2H4O2.Ga.3H/c1-3(2)4;1-2(3)4;;;;/h1-2H3;1H3,(H,3,4);;;;. The van der Waals surface area contributed by atoms with E-state index in [0.29, 0.717) is 0 Å². The third-order valence-corrected chi connectivity index (χ3v) is 0. The van der Waals surface area contributed by atoms with Crippen molar-refractivity contribution in [3.05, 3.63) is 0 Å². The summed E-state index contributed by atoms with van der Waals surface area (Å²) in [6, 6.07) is 0. The van der Waals surface area contributed by atoms with Crippen LogP contribution in [0.4, 0.5) is 0 Å². The third-order valence-electron chi connectivity index (χ3n) is 0. The Balaban J connectivity index is -0.0000000720. The molecule has 0 amide bonds. The van der Waals surface area contributed by atoms with Crippen LogP contribution in [0.1, 0.15) is 20.8 Å². The molecule has 0 unspecified atom stereocenters. The van der Waals surface area contributed by atoms with Crippen LogP contribution in [0, 0.1) is 0 Å². The maximum absolute atomic E-state index is 9.44. The molecule has 0 radical (unpaired) electrons. The fourth-order valence-electron chi connectivity index (χ4n) is 0. The molecule has 54 valence electrons. The van der Waals surface area contributed by atoms with Crippen LogP contribution < -0.4 is 0 Å². The number of carbonyl (C=O) groups excluding carboxylic acids is 1. The van der Waals surface area contributed by atoms with Gasteiger partial charge in [-0.1, -0.05) is 0 Å². The zero-order valence-electron chi connectivity index (χ0n) is 5.26. The summed E-state index contributed by atoms with van der Waals surface area (Å²) in [5.74, 6) is -0.667. The van der Waals surface area contributed by atoms with Gasteiger partial charge in [0.05, 0.1) is 0 Å². The number of hydrogen-bond acceptors (Lipinski definition) is 2. The summed E-state index contributed by atoms with van der Waals surface area (Å²) in [7, 11) is 0. The molecule has 0 aliphatic heterocycles. The normalized spacial score (nSPS) is 5.67. The Morgan fingerprint density at radius 2 is 1.11 bits per heavy atom. The topological polar surface area (TPSA) is 54.4 Å². The van der Waals surface area contributed by atoms with Gasteiger partial charge in [-0.2, -0.15) is 0 Å². The average molecular weight is 191 g/mol. The number of carboxylic acids is 1. The Labute approximate surface area is 67.5 Å². The second kappa shape index (κ2) is 10.7. The summed E-state index contributed by atoms with van der Waals surface area (Å²) < 4.78 is 0. The Bertz CT molecular complexity index is 70.2. The first kappa shape index (κ1) is 15.9. The molecule has 0 fully saturated rings. The van der Waals surface area contributed by atoms with E-state index in [-0.39, 0.29) is 25.6 Å². The van der Waals surface area contributed by atoms with Crippen LogP contribution in [0.2, 0.25) is 0 Å². The molecule has 0 bridgehead atoms. The summed E-state index contributed by atoms with van der Waals surface area (Å²) >= 11 is 0. The van der Waals surface area contributed by atoms with Crippen LogP contribution in [0.3, 0.4) is 0 Å². The molecule has 0 heterocycles. The Morgan fingerprint density at radius 3 is 1.11 bits per heavy atom. The van der Waals surface area contributed by atoms with Crippen molar-refractivity contribution in [2.75, 3.05) is 0 Å². The zero-order chi connectivity index (χ0) is 7.15. The number of Topliss-reactive ketones (excluding diaryl/α,β-unsaturated/α-hetero) is 1. The van der Waals surface area contributed by atoms with Gasteiger partial charge in [-0.25, -0.2) is 0 Å². The molecule has 3 nitrogen and oxygen atoms in total. The minimum atomic E-state index is -0.833. The van der Waals surface area contributed by atoms with Crippen LogP contribution in [-0.4, -0.2) is 36.6 Å². The van der Waals surface area contributed by atoms with E-state index >= 15 is 0 Å². The molecular weight excluding hydrogens is 178 g/mol. The fourth-order valence-corrected chi connectivity index (χ4v) is 0. The summed E-state index contributed by atoms with van der Waals surface area (Å²) in [6.45, 7) is 4.14. The van der Waals surface area contributed by atoms with E-state index in [0.717, 1.165) is 6.92 Å². The van der Waals surface area contributed by atoms with Crippen molar-refractivity contribution in [2.24, 2.45) is 0 Å². The van der Waals surface area contributed by atoms with E-state index in [1.807, 2.05) is 0 Å². The molecule has 0 rings (SSSR count). The second-order valence-corrected chi connectivity index (χ2v) is 1.43. The van der Waals surface area contributed by atoms with Gasteiger partial charge in [0.15, 0.2) is 0 Å². The first-order valence-electron chi connectivity index (χ1n) is 2.13. The molecule has 0 aromatic carbocycles. The summed E-state index contributed by atoms with van der Waals surface area (Å²) in [4.78, 5) is 18.4. The number of rotatable bonds is 0. The van der Waals surface area contributed by atoms with E-state index < -0.39 is 5.97 Å². The quantitative estimate of drug-likeness (QED) is 0.525.